The molecule has 3 heteroatoms. The fraction of sp³-hybridized carbons (Fsp3) is 0.308. The first-order valence-electron chi connectivity index (χ1n) is 4.90. The van der Waals surface area contributed by atoms with Crippen molar-refractivity contribution in [2.24, 2.45) is 5.92 Å². The van der Waals surface area contributed by atoms with Crippen LogP contribution in [0, 0.1) is 5.92 Å². The molecule has 0 N–H and O–H groups in total. The van der Waals surface area contributed by atoms with Crippen molar-refractivity contribution in [2.75, 3.05) is 0 Å². The molecule has 0 saturated carbocycles. The Morgan fingerprint density at radius 3 is 2.31 bits per heavy atom. The van der Waals surface area contributed by atoms with Gasteiger partial charge in [-0.1, -0.05) is 19.9 Å². The van der Waals surface area contributed by atoms with Gasteiger partial charge < -0.3 is 34.0 Å². The largest absolute Gasteiger partial charge is 3.00 e. The number of benzene rings is 1. The normalized spacial score (nSPS) is 9.19. The third-order valence-electron chi connectivity index (χ3n) is 2.32. The van der Waals surface area contributed by atoms with Crippen LogP contribution in [-0.4, -0.2) is 0 Å². The maximum Gasteiger partial charge on any atom is 3.00 e. The summed E-state index contributed by atoms with van der Waals surface area (Å²) in [6, 6.07) is 13.2. The molecule has 0 aliphatic carbocycles. The first-order chi connectivity index (χ1) is 6.25. The summed E-state index contributed by atoms with van der Waals surface area (Å²) in [6.45, 7) is 4.52. The van der Waals surface area contributed by atoms with E-state index in [1.165, 1.54) is 22.8 Å². The molecule has 85 valence electrons. The van der Waals surface area contributed by atoms with Gasteiger partial charge in [-0.3, -0.25) is 0 Å². The first kappa shape index (κ1) is 19.0. The Morgan fingerprint density at radius 2 is 1.75 bits per heavy atom. The standard InChI is InChI=1S/C13H15.2BrH.Zr/c1-10(2)7-11-8-12-5-3-4-6-13(12)9-11;;;/h3-6,8-10H,7H2,1-2H3;2*1H;/q-1;;;+3/p-2. The molecule has 0 unspecified atom stereocenters. The van der Waals surface area contributed by atoms with Gasteiger partial charge in [0, 0.05) is 0 Å². The van der Waals surface area contributed by atoms with Crippen LogP contribution in [0.4, 0.5) is 0 Å². The average Bonchev–Trinajstić information content (AvgIpc) is 2.44. The van der Waals surface area contributed by atoms with E-state index < -0.39 is 0 Å². The summed E-state index contributed by atoms with van der Waals surface area (Å²) in [5.74, 6) is 0.747. The Labute approximate surface area is 138 Å². The summed E-state index contributed by atoms with van der Waals surface area (Å²) in [6.07, 6.45) is 1.19. The summed E-state index contributed by atoms with van der Waals surface area (Å²) in [5, 5.41) is 2.75. The van der Waals surface area contributed by atoms with E-state index in [-0.39, 0.29) is 60.2 Å². The van der Waals surface area contributed by atoms with Gasteiger partial charge in [-0.05, 0) is 12.3 Å². The Bertz CT molecular complexity index is 374. The molecule has 0 spiro atoms. The van der Waals surface area contributed by atoms with E-state index >= 15 is 0 Å². The Balaban J connectivity index is 0. The van der Waals surface area contributed by atoms with Crippen LogP contribution >= 0.6 is 0 Å². The number of fused-ring (bicyclic) bond motifs is 1. The molecule has 1 radical (unpaired) electrons. The van der Waals surface area contributed by atoms with Crippen molar-refractivity contribution < 1.29 is 60.2 Å². The molecule has 0 aliphatic rings. The fourth-order valence-corrected chi connectivity index (χ4v) is 1.80. The van der Waals surface area contributed by atoms with E-state index in [0.29, 0.717) is 0 Å². The van der Waals surface area contributed by atoms with Crippen LogP contribution < -0.4 is 34.0 Å². The van der Waals surface area contributed by atoms with Crippen molar-refractivity contribution in [2.45, 2.75) is 20.3 Å². The molecule has 16 heavy (non-hydrogen) atoms. The van der Waals surface area contributed by atoms with Crippen molar-refractivity contribution in [1.29, 1.82) is 0 Å². The summed E-state index contributed by atoms with van der Waals surface area (Å²) < 4.78 is 0. The average molecular weight is 422 g/mol. The van der Waals surface area contributed by atoms with E-state index in [9.17, 15) is 0 Å². The molecule has 2 rings (SSSR count). The quantitative estimate of drug-likeness (QED) is 0.481. The van der Waals surface area contributed by atoms with Crippen LogP contribution in [0.15, 0.2) is 36.4 Å². The van der Waals surface area contributed by atoms with E-state index in [1.807, 2.05) is 0 Å². The summed E-state index contributed by atoms with van der Waals surface area (Å²) in [4.78, 5) is 0. The second-order valence-electron chi connectivity index (χ2n) is 4.09. The molecule has 0 amide bonds. The predicted molar refractivity (Wildman–Crippen MR) is 58.1 cm³/mol. The Hall–Kier alpha value is 0.673. The van der Waals surface area contributed by atoms with E-state index in [4.69, 9.17) is 0 Å². The molecule has 0 nitrogen and oxygen atoms in total. The van der Waals surface area contributed by atoms with Crippen LogP contribution in [0.3, 0.4) is 0 Å². The Morgan fingerprint density at radius 1 is 1.12 bits per heavy atom. The smallest absolute Gasteiger partial charge is 1.00 e. The van der Waals surface area contributed by atoms with E-state index in [0.717, 1.165) is 5.92 Å². The van der Waals surface area contributed by atoms with E-state index in [1.54, 1.807) is 0 Å². The van der Waals surface area contributed by atoms with Crippen LogP contribution in [0.2, 0.25) is 0 Å². The van der Waals surface area contributed by atoms with Gasteiger partial charge >= 0.3 is 26.2 Å². The van der Waals surface area contributed by atoms with Crippen molar-refractivity contribution in [3.05, 3.63) is 42.0 Å². The molecule has 0 aromatic heterocycles. The van der Waals surface area contributed by atoms with Crippen LogP contribution in [-0.2, 0) is 32.6 Å². The fourth-order valence-electron chi connectivity index (χ4n) is 1.80. The number of hydrogen-bond donors (Lipinski definition) is 0. The molecule has 2 aromatic carbocycles. The molecule has 0 atom stereocenters. The van der Waals surface area contributed by atoms with Gasteiger partial charge in [0.25, 0.3) is 0 Å². The monoisotopic (exact) mass is 419 g/mol. The molecule has 0 aliphatic heterocycles. The van der Waals surface area contributed by atoms with Crippen LogP contribution in [0.1, 0.15) is 19.4 Å². The predicted octanol–water partition coefficient (Wildman–Crippen LogP) is -2.24. The van der Waals surface area contributed by atoms with Crippen LogP contribution in [0.5, 0.6) is 0 Å². The topological polar surface area (TPSA) is 0 Å². The third kappa shape index (κ3) is 4.89. The zero-order chi connectivity index (χ0) is 9.26. The third-order valence-corrected chi connectivity index (χ3v) is 2.32. The molecule has 0 fully saturated rings. The summed E-state index contributed by atoms with van der Waals surface area (Å²) in [7, 11) is 0. The number of hydrogen-bond acceptors (Lipinski definition) is 0. The van der Waals surface area contributed by atoms with Crippen LogP contribution in [0.25, 0.3) is 10.8 Å². The van der Waals surface area contributed by atoms with Crippen molar-refractivity contribution in [1.82, 2.24) is 0 Å². The Kier molecular flexibility index (Phi) is 10.4. The molecule has 0 heterocycles. The van der Waals surface area contributed by atoms with Crippen molar-refractivity contribution >= 4 is 10.8 Å². The van der Waals surface area contributed by atoms with E-state index in [2.05, 4.69) is 50.2 Å². The first-order valence-corrected chi connectivity index (χ1v) is 4.90. The van der Waals surface area contributed by atoms with Crippen molar-refractivity contribution in [3.8, 4) is 0 Å². The number of rotatable bonds is 2. The van der Waals surface area contributed by atoms with Gasteiger partial charge in [-0.2, -0.15) is 6.07 Å². The maximum atomic E-state index is 2.30. The molecule has 2 aromatic rings. The van der Waals surface area contributed by atoms with Gasteiger partial charge in [-0.25, -0.2) is 0 Å². The molecule has 0 saturated heterocycles. The molecule has 0 bridgehead atoms. The minimum absolute atomic E-state index is 0. The molecular formula is C13H15Br2Zr. The second-order valence-corrected chi connectivity index (χ2v) is 4.09. The van der Waals surface area contributed by atoms with Crippen molar-refractivity contribution in [3.63, 3.8) is 0 Å². The van der Waals surface area contributed by atoms with Gasteiger partial charge in [0.05, 0.1) is 0 Å². The van der Waals surface area contributed by atoms with Gasteiger partial charge in [0.2, 0.25) is 0 Å². The zero-order valence-corrected chi connectivity index (χ0v) is 15.1. The van der Waals surface area contributed by atoms with Gasteiger partial charge in [0.1, 0.15) is 0 Å². The number of halogens is 2. The molecular weight excluding hydrogens is 407 g/mol. The summed E-state index contributed by atoms with van der Waals surface area (Å²) in [5.41, 5.74) is 1.47. The van der Waals surface area contributed by atoms with Gasteiger partial charge in [-0.15, -0.1) is 40.6 Å². The minimum Gasteiger partial charge on any atom is -1.00 e. The zero-order valence-electron chi connectivity index (χ0n) is 9.50. The second kappa shape index (κ2) is 8.72. The maximum absolute atomic E-state index is 2.30. The summed E-state index contributed by atoms with van der Waals surface area (Å²) >= 11 is 0. The van der Waals surface area contributed by atoms with Gasteiger partial charge in [0.15, 0.2) is 0 Å². The minimum atomic E-state index is 0. The SMILES string of the molecule is CC(C)Cc1cc2ccccc2[cH-]1.[Br-].[Br-].[Zr+3].